The molecular formula is C26H32N2O7S. The summed E-state index contributed by atoms with van der Waals surface area (Å²) in [4.78, 5) is 36.8. The van der Waals surface area contributed by atoms with Crippen LogP contribution in [0.3, 0.4) is 0 Å². The number of rotatable bonds is 9. The van der Waals surface area contributed by atoms with Crippen molar-refractivity contribution in [2.24, 2.45) is 16.7 Å². The van der Waals surface area contributed by atoms with Crippen molar-refractivity contribution in [3.63, 3.8) is 0 Å². The van der Waals surface area contributed by atoms with Crippen LogP contribution in [-0.2, 0) is 30.8 Å². The van der Waals surface area contributed by atoms with Gasteiger partial charge in [-0.3, -0.25) is 14.3 Å². The number of carboxylic acids is 2. The molecule has 1 fully saturated rings. The lowest BCUT2D eigenvalue weighted by molar-refractivity contribution is -0.155. The summed E-state index contributed by atoms with van der Waals surface area (Å²) in [6.45, 7) is 6.93. The summed E-state index contributed by atoms with van der Waals surface area (Å²) in [5.41, 5.74) is -0.110. The van der Waals surface area contributed by atoms with E-state index in [1.807, 2.05) is 6.92 Å². The fraction of sp³-hybridized carbons (Fsp3) is 0.423. The molecule has 1 aliphatic rings. The number of sulfonamides is 1. The van der Waals surface area contributed by atoms with Gasteiger partial charge < -0.3 is 15.5 Å². The van der Waals surface area contributed by atoms with Gasteiger partial charge in [0.2, 0.25) is 5.91 Å². The minimum Gasteiger partial charge on any atom is -0.481 e. The van der Waals surface area contributed by atoms with Crippen LogP contribution in [0.15, 0.2) is 53.4 Å². The number of anilines is 1. The van der Waals surface area contributed by atoms with Crippen LogP contribution in [0.2, 0.25) is 0 Å². The first-order chi connectivity index (χ1) is 16.7. The lowest BCUT2D eigenvalue weighted by Crippen LogP contribution is -2.49. The first kappa shape index (κ1) is 27.2. The summed E-state index contributed by atoms with van der Waals surface area (Å²) >= 11 is 0. The molecule has 0 radical (unpaired) electrons. The number of hydrogen-bond acceptors (Lipinski definition) is 5. The fourth-order valence-electron chi connectivity index (χ4n) is 4.69. The van der Waals surface area contributed by atoms with Gasteiger partial charge in [0, 0.05) is 18.0 Å². The van der Waals surface area contributed by atoms with Crippen molar-refractivity contribution in [3.8, 4) is 0 Å². The molecule has 194 valence electrons. The third-order valence-corrected chi connectivity index (χ3v) is 9.00. The number of aryl methyl sites for hydroxylation is 1. The van der Waals surface area contributed by atoms with Crippen molar-refractivity contribution in [2.45, 2.75) is 57.9 Å². The van der Waals surface area contributed by atoms with Crippen molar-refractivity contribution in [1.29, 1.82) is 0 Å². The van der Waals surface area contributed by atoms with E-state index in [4.69, 9.17) is 0 Å². The number of hydrogen-bond donors (Lipinski definition) is 4. The SMILES string of the molecule is Cc1ccc(S(=O)(=O)Nc2ccc(C[C@H](NC(=O)C3CCC(C)(C(=O)O)C3(C)C)C(=O)O)cc2)cc1. The van der Waals surface area contributed by atoms with Gasteiger partial charge in [0.15, 0.2) is 0 Å². The number of aliphatic carboxylic acids is 2. The third-order valence-electron chi connectivity index (χ3n) is 7.61. The molecule has 2 aromatic carbocycles. The third kappa shape index (κ3) is 5.38. The van der Waals surface area contributed by atoms with Crippen molar-refractivity contribution < 1.29 is 33.0 Å². The number of carbonyl (C=O) groups is 3. The molecule has 3 atom stereocenters. The average molecular weight is 517 g/mol. The number of carbonyl (C=O) groups excluding carboxylic acids is 1. The molecule has 10 heteroatoms. The molecule has 0 spiro atoms. The molecule has 1 amide bonds. The minimum absolute atomic E-state index is 0.0184. The minimum atomic E-state index is -3.77. The molecule has 2 unspecified atom stereocenters. The first-order valence-electron chi connectivity index (χ1n) is 11.6. The molecule has 1 aliphatic carbocycles. The Bertz CT molecular complexity index is 1250. The van der Waals surface area contributed by atoms with Crippen molar-refractivity contribution >= 4 is 33.6 Å². The van der Waals surface area contributed by atoms with Gasteiger partial charge in [-0.25, -0.2) is 13.2 Å². The Labute approximate surface area is 211 Å². The molecule has 1 saturated carbocycles. The molecule has 0 aliphatic heterocycles. The smallest absolute Gasteiger partial charge is 0.326 e. The molecule has 2 aromatic rings. The van der Waals surface area contributed by atoms with Crippen LogP contribution in [-0.4, -0.2) is 42.5 Å². The van der Waals surface area contributed by atoms with E-state index in [-0.39, 0.29) is 11.3 Å². The zero-order chi connectivity index (χ0) is 26.9. The lowest BCUT2D eigenvalue weighted by Gasteiger charge is -2.38. The van der Waals surface area contributed by atoms with E-state index in [0.29, 0.717) is 24.1 Å². The van der Waals surface area contributed by atoms with Gasteiger partial charge in [0.25, 0.3) is 10.0 Å². The van der Waals surface area contributed by atoms with Crippen LogP contribution < -0.4 is 10.0 Å². The number of carboxylic acid groups (broad SMARTS) is 2. The predicted molar refractivity (Wildman–Crippen MR) is 134 cm³/mol. The lowest BCUT2D eigenvalue weighted by atomic mass is 9.65. The molecule has 9 nitrogen and oxygen atoms in total. The summed E-state index contributed by atoms with van der Waals surface area (Å²) in [7, 11) is -3.77. The molecule has 0 bridgehead atoms. The Balaban J connectivity index is 1.68. The van der Waals surface area contributed by atoms with Crippen molar-refractivity contribution in [2.75, 3.05) is 4.72 Å². The monoisotopic (exact) mass is 516 g/mol. The van der Waals surface area contributed by atoms with E-state index in [9.17, 15) is 33.0 Å². The van der Waals surface area contributed by atoms with Gasteiger partial charge in [-0.15, -0.1) is 0 Å². The molecular weight excluding hydrogens is 484 g/mol. The Morgan fingerprint density at radius 3 is 2.08 bits per heavy atom. The maximum atomic E-state index is 13.0. The Morgan fingerprint density at radius 2 is 1.58 bits per heavy atom. The van der Waals surface area contributed by atoms with E-state index >= 15 is 0 Å². The molecule has 3 rings (SSSR count). The standard InChI is InChI=1S/C26H32N2O7S/c1-16-5-11-19(12-6-16)36(34,35)28-18-9-7-17(8-10-18)15-21(23(30)31)27-22(29)20-13-14-26(4,24(32)33)25(20,2)3/h5-12,20-21,28H,13-15H2,1-4H3,(H,27,29)(H,30,31)(H,32,33)/t20?,21-,26?/m0/s1. The van der Waals surface area contributed by atoms with E-state index in [2.05, 4.69) is 10.0 Å². The molecule has 0 aromatic heterocycles. The predicted octanol–water partition coefficient (Wildman–Crippen LogP) is 3.43. The van der Waals surface area contributed by atoms with E-state index in [0.717, 1.165) is 5.56 Å². The highest BCUT2D eigenvalue weighted by molar-refractivity contribution is 7.92. The van der Waals surface area contributed by atoms with Crippen LogP contribution >= 0.6 is 0 Å². The zero-order valence-corrected chi connectivity index (χ0v) is 21.6. The van der Waals surface area contributed by atoms with Gasteiger partial charge in [0.05, 0.1) is 10.3 Å². The number of benzene rings is 2. The second-order valence-corrected chi connectivity index (χ2v) is 11.9. The summed E-state index contributed by atoms with van der Waals surface area (Å²) in [5, 5.41) is 21.9. The van der Waals surface area contributed by atoms with Crippen molar-refractivity contribution in [1.82, 2.24) is 5.32 Å². The van der Waals surface area contributed by atoms with Crippen molar-refractivity contribution in [3.05, 3.63) is 59.7 Å². The highest BCUT2D eigenvalue weighted by Gasteiger charge is 2.58. The topological polar surface area (TPSA) is 150 Å². The number of amides is 1. The van der Waals surface area contributed by atoms with E-state index in [1.54, 1.807) is 45.0 Å². The Kier molecular flexibility index (Phi) is 7.50. The molecule has 0 saturated heterocycles. The highest BCUT2D eigenvalue weighted by atomic mass is 32.2. The average Bonchev–Trinajstić information content (AvgIpc) is 3.04. The summed E-state index contributed by atoms with van der Waals surface area (Å²) in [5.74, 6) is -3.32. The highest BCUT2D eigenvalue weighted by Crippen LogP contribution is 2.56. The quantitative estimate of drug-likeness (QED) is 0.399. The Hall–Kier alpha value is -3.40. The second-order valence-electron chi connectivity index (χ2n) is 10.2. The maximum absolute atomic E-state index is 13.0. The van der Waals surface area contributed by atoms with Crippen LogP contribution in [0.1, 0.15) is 44.7 Å². The molecule has 4 N–H and O–H groups in total. The van der Waals surface area contributed by atoms with Crippen LogP contribution in [0, 0.1) is 23.7 Å². The summed E-state index contributed by atoms with van der Waals surface area (Å²) in [6.07, 6.45) is 0.657. The maximum Gasteiger partial charge on any atom is 0.326 e. The van der Waals surface area contributed by atoms with E-state index < -0.39 is 50.7 Å². The second kappa shape index (κ2) is 9.93. The van der Waals surface area contributed by atoms with Crippen LogP contribution in [0.25, 0.3) is 0 Å². The molecule has 0 heterocycles. The summed E-state index contributed by atoms with van der Waals surface area (Å²) < 4.78 is 27.6. The normalized spacial score (nSPS) is 21.9. The van der Waals surface area contributed by atoms with Gasteiger partial charge in [-0.05, 0) is 61.9 Å². The van der Waals surface area contributed by atoms with Gasteiger partial charge in [0.1, 0.15) is 6.04 Å². The first-order valence-corrected chi connectivity index (χ1v) is 13.1. The number of nitrogens with one attached hydrogen (secondary N) is 2. The van der Waals surface area contributed by atoms with Crippen LogP contribution in [0.5, 0.6) is 0 Å². The van der Waals surface area contributed by atoms with Gasteiger partial charge in [-0.1, -0.05) is 43.7 Å². The largest absolute Gasteiger partial charge is 0.481 e. The molecule has 36 heavy (non-hydrogen) atoms. The van der Waals surface area contributed by atoms with E-state index in [1.165, 1.54) is 24.3 Å². The van der Waals surface area contributed by atoms with Crippen LogP contribution in [0.4, 0.5) is 5.69 Å². The van der Waals surface area contributed by atoms with Gasteiger partial charge in [-0.2, -0.15) is 0 Å². The Morgan fingerprint density at radius 1 is 1.00 bits per heavy atom. The fourth-order valence-corrected chi connectivity index (χ4v) is 5.75. The zero-order valence-electron chi connectivity index (χ0n) is 20.7. The van der Waals surface area contributed by atoms with Gasteiger partial charge >= 0.3 is 11.9 Å². The summed E-state index contributed by atoms with van der Waals surface area (Å²) in [6, 6.07) is 11.4.